The molecular weight excluding hydrogens is 330 g/mol. The third kappa shape index (κ3) is 5.07. The Kier molecular flexibility index (Phi) is 5.91. The summed E-state index contributed by atoms with van der Waals surface area (Å²) in [5.41, 5.74) is 0.913. The van der Waals surface area contributed by atoms with E-state index in [-0.39, 0.29) is 36.1 Å². The Balaban J connectivity index is 1.60. The van der Waals surface area contributed by atoms with Crippen LogP contribution in [0.3, 0.4) is 0 Å². The number of likely N-dealkylation sites (tertiary alicyclic amines) is 1. The lowest BCUT2D eigenvalue weighted by Gasteiger charge is -2.33. The molecule has 2 fully saturated rings. The molecule has 0 spiro atoms. The molecule has 1 saturated heterocycles. The van der Waals surface area contributed by atoms with Gasteiger partial charge in [0.1, 0.15) is 0 Å². The van der Waals surface area contributed by atoms with Crippen molar-refractivity contribution in [3.8, 4) is 0 Å². The highest BCUT2D eigenvalue weighted by Gasteiger charge is 2.32. The van der Waals surface area contributed by atoms with Crippen molar-refractivity contribution >= 4 is 17.7 Å². The second kappa shape index (κ2) is 8.34. The average molecular weight is 357 g/mol. The molecule has 6 nitrogen and oxygen atoms in total. The molecule has 1 heterocycles. The van der Waals surface area contributed by atoms with Crippen molar-refractivity contribution in [2.75, 3.05) is 13.1 Å². The zero-order valence-corrected chi connectivity index (χ0v) is 15.2. The number of carbonyl (C=O) groups excluding carboxylic acids is 3. The van der Waals surface area contributed by atoms with Crippen LogP contribution in [0.1, 0.15) is 50.6 Å². The van der Waals surface area contributed by atoms with Crippen molar-refractivity contribution < 1.29 is 14.4 Å². The van der Waals surface area contributed by atoms with E-state index in [1.165, 1.54) is 6.92 Å². The van der Waals surface area contributed by atoms with Crippen molar-refractivity contribution in [1.82, 2.24) is 15.5 Å². The van der Waals surface area contributed by atoms with Crippen molar-refractivity contribution in [2.24, 2.45) is 5.92 Å². The molecule has 26 heavy (non-hydrogen) atoms. The van der Waals surface area contributed by atoms with E-state index >= 15 is 0 Å². The van der Waals surface area contributed by atoms with Gasteiger partial charge in [0.05, 0.1) is 18.4 Å². The standard InChI is InChI=1S/C20H27N3O3/c1-14(24)21-18(15-6-3-2-4-7-15)12-19(25)23-11-5-8-16(13-23)20(26)22-17-9-10-17/h2-4,6-7,16-18H,5,8-13H2,1H3,(H,21,24)(H,22,26). The second-order valence-electron chi connectivity index (χ2n) is 7.33. The minimum atomic E-state index is -0.345. The molecule has 1 aliphatic heterocycles. The maximum atomic E-state index is 12.8. The molecular formula is C20H27N3O3. The van der Waals surface area contributed by atoms with Crippen LogP contribution >= 0.6 is 0 Å². The van der Waals surface area contributed by atoms with E-state index < -0.39 is 0 Å². The summed E-state index contributed by atoms with van der Waals surface area (Å²) < 4.78 is 0. The first-order chi connectivity index (χ1) is 12.5. The average Bonchev–Trinajstić information content (AvgIpc) is 3.45. The number of nitrogens with zero attached hydrogens (tertiary/aromatic N) is 1. The Labute approximate surface area is 154 Å². The molecule has 0 radical (unpaired) electrons. The van der Waals surface area contributed by atoms with E-state index in [0.29, 0.717) is 19.1 Å². The van der Waals surface area contributed by atoms with Gasteiger partial charge >= 0.3 is 0 Å². The van der Waals surface area contributed by atoms with E-state index in [2.05, 4.69) is 10.6 Å². The third-order valence-electron chi connectivity index (χ3n) is 5.03. The Bertz CT molecular complexity index is 658. The fraction of sp³-hybridized carbons (Fsp3) is 0.550. The van der Waals surface area contributed by atoms with Crippen LogP contribution in [-0.2, 0) is 14.4 Å². The number of hydrogen-bond donors (Lipinski definition) is 2. The molecule has 140 valence electrons. The molecule has 0 aromatic heterocycles. The summed E-state index contributed by atoms with van der Waals surface area (Å²) in [6.45, 7) is 2.60. The lowest BCUT2D eigenvalue weighted by Crippen LogP contribution is -2.46. The largest absolute Gasteiger partial charge is 0.353 e. The minimum Gasteiger partial charge on any atom is -0.353 e. The molecule has 2 N–H and O–H groups in total. The van der Waals surface area contributed by atoms with Gasteiger partial charge in [-0.1, -0.05) is 30.3 Å². The van der Waals surface area contributed by atoms with E-state index in [0.717, 1.165) is 31.2 Å². The Morgan fingerprint density at radius 2 is 1.88 bits per heavy atom. The van der Waals surface area contributed by atoms with Crippen LogP contribution < -0.4 is 10.6 Å². The number of carbonyl (C=O) groups is 3. The zero-order chi connectivity index (χ0) is 18.5. The van der Waals surface area contributed by atoms with Crippen LogP contribution in [-0.4, -0.2) is 41.8 Å². The first kappa shape index (κ1) is 18.4. The van der Waals surface area contributed by atoms with Gasteiger partial charge in [-0.15, -0.1) is 0 Å². The topological polar surface area (TPSA) is 78.5 Å². The molecule has 2 aliphatic rings. The highest BCUT2D eigenvalue weighted by atomic mass is 16.2. The molecule has 2 atom stereocenters. The zero-order valence-electron chi connectivity index (χ0n) is 15.2. The summed E-state index contributed by atoms with van der Waals surface area (Å²) in [6, 6.07) is 9.52. The van der Waals surface area contributed by atoms with Crippen LogP contribution in [0.25, 0.3) is 0 Å². The molecule has 1 aliphatic carbocycles. The molecule has 1 aromatic rings. The predicted molar refractivity (Wildman–Crippen MR) is 98.1 cm³/mol. The first-order valence-electron chi connectivity index (χ1n) is 9.43. The molecule has 0 bridgehead atoms. The van der Waals surface area contributed by atoms with Gasteiger partial charge in [0.25, 0.3) is 0 Å². The summed E-state index contributed by atoms with van der Waals surface area (Å²) in [7, 11) is 0. The van der Waals surface area contributed by atoms with Crippen LogP contribution in [0, 0.1) is 5.92 Å². The van der Waals surface area contributed by atoms with Gasteiger partial charge in [0, 0.05) is 26.1 Å². The summed E-state index contributed by atoms with van der Waals surface area (Å²) in [6.07, 6.45) is 4.01. The number of hydrogen-bond acceptors (Lipinski definition) is 3. The Morgan fingerprint density at radius 3 is 2.54 bits per heavy atom. The highest BCUT2D eigenvalue weighted by Crippen LogP contribution is 2.24. The van der Waals surface area contributed by atoms with Gasteiger partial charge in [-0.05, 0) is 31.2 Å². The second-order valence-corrected chi connectivity index (χ2v) is 7.33. The van der Waals surface area contributed by atoms with E-state index in [1.807, 2.05) is 30.3 Å². The van der Waals surface area contributed by atoms with Crippen LogP contribution in [0.2, 0.25) is 0 Å². The lowest BCUT2D eigenvalue weighted by atomic mass is 9.95. The van der Waals surface area contributed by atoms with E-state index in [4.69, 9.17) is 0 Å². The van der Waals surface area contributed by atoms with Gasteiger partial charge in [0.2, 0.25) is 17.7 Å². The number of amides is 3. The molecule has 1 aromatic carbocycles. The summed E-state index contributed by atoms with van der Waals surface area (Å²) in [5.74, 6) is -0.223. The van der Waals surface area contributed by atoms with Crippen LogP contribution in [0.5, 0.6) is 0 Å². The maximum Gasteiger partial charge on any atom is 0.225 e. The van der Waals surface area contributed by atoms with Crippen molar-refractivity contribution in [3.05, 3.63) is 35.9 Å². The van der Waals surface area contributed by atoms with Crippen molar-refractivity contribution in [3.63, 3.8) is 0 Å². The number of piperidine rings is 1. The fourth-order valence-corrected chi connectivity index (χ4v) is 3.45. The molecule has 6 heteroatoms. The summed E-state index contributed by atoms with van der Waals surface area (Å²) >= 11 is 0. The van der Waals surface area contributed by atoms with Crippen molar-refractivity contribution in [1.29, 1.82) is 0 Å². The smallest absolute Gasteiger partial charge is 0.225 e. The number of benzene rings is 1. The van der Waals surface area contributed by atoms with Gasteiger partial charge in [-0.3, -0.25) is 14.4 Å². The first-order valence-corrected chi connectivity index (χ1v) is 9.43. The van der Waals surface area contributed by atoms with Crippen LogP contribution in [0.4, 0.5) is 0 Å². The lowest BCUT2D eigenvalue weighted by molar-refractivity contribution is -0.136. The third-order valence-corrected chi connectivity index (χ3v) is 5.03. The molecule has 1 saturated carbocycles. The number of nitrogens with one attached hydrogen (secondary N) is 2. The normalized spacial score (nSPS) is 21.0. The highest BCUT2D eigenvalue weighted by molar-refractivity contribution is 5.82. The summed E-state index contributed by atoms with van der Waals surface area (Å²) in [4.78, 5) is 38.4. The Hall–Kier alpha value is -2.37. The quantitative estimate of drug-likeness (QED) is 0.814. The predicted octanol–water partition coefficient (Wildman–Crippen LogP) is 1.77. The van der Waals surface area contributed by atoms with Crippen LogP contribution in [0.15, 0.2) is 30.3 Å². The minimum absolute atomic E-state index is 0.0171. The van der Waals surface area contributed by atoms with Gasteiger partial charge in [-0.2, -0.15) is 0 Å². The van der Waals surface area contributed by atoms with E-state index in [1.54, 1.807) is 4.90 Å². The number of rotatable bonds is 6. The molecule has 3 rings (SSSR count). The fourth-order valence-electron chi connectivity index (χ4n) is 3.45. The SMILES string of the molecule is CC(=O)NC(CC(=O)N1CCCC(C(=O)NC2CC2)C1)c1ccccc1. The summed E-state index contributed by atoms with van der Waals surface area (Å²) in [5, 5.41) is 5.91. The maximum absolute atomic E-state index is 12.8. The Morgan fingerprint density at radius 1 is 1.15 bits per heavy atom. The van der Waals surface area contributed by atoms with E-state index in [9.17, 15) is 14.4 Å². The molecule has 3 amide bonds. The van der Waals surface area contributed by atoms with Gasteiger partial charge < -0.3 is 15.5 Å². The van der Waals surface area contributed by atoms with Gasteiger partial charge in [0.15, 0.2) is 0 Å². The van der Waals surface area contributed by atoms with Crippen molar-refractivity contribution in [2.45, 2.75) is 51.1 Å². The molecule has 2 unspecified atom stereocenters. The van der Waals surface area contributed by atoms with Gasteiger partial charge in [-0.25, -0.2) is 0 Å². The monoisotopic (exact) mass is 357 g/mol.